The fraction of sp³-hybridized carbons (Fsp3) is 0.357. The molecule has 1 amide bonds. The lowest BCUT2D eigenvalue weighted by Crippen LogP contribution is -2.34. The Kier molecular flexibility index (Phi) is 4.59. The summed E-state index contributed by atoms with van der Waals surface area (Å²) in [6, 6.07) is 7.96. The van der Waals surface area contributed by atoms with Crippen LogP contribution in [0.5, 0.6) is 0 Å². The molecule has 0 saturated carbocycles. The predicted octanol–water partition coefficient (Wildman–Crippen LogP) is 3.02. The number of carbonyl (C=O) groups is 1. The fourth-order valence-electron chi connectivity index (χ4n) is 1.82. The molecular formula is C14H17NO2S. The van der Waals surface area contributed by atoms with E-state index in [4.69, 9.17) is 4.42 Å². The van der Waals surface area contributed by atoms with E-state index in [1.54, 1.807) is 17.6 Å². The van der Waals surface area contributed by atoms with Gasteiger partial charge >= 0.3 is 0 Å². The van der Waals surface area contributed by atoms with Crippen molar-refractivity contribution in [3.8, 4) is 0 Å². The minimum absolute atomic E-state index is 0.0995. The third-order valence-corrected chi connectivity index (χ3v) is 3.61. The van der Waals surface area contributed by atoms with Crippen LogP contribution in [0.2, 0.25) is 0 Å². The van der Waals surface area contributed by atoms with E-state index in [0.717, 1.165) is 18.6 Å². The van der Waals surface area contributed by atoms with Crippen molar-refractivity contribution in [2.75, 3.05) is 0 Å². The van der Waals surface area contributed by atoms with Crippen LogP contribution in [0.4, 0.5) is 0 Å². The van der Waals surface area contributed by atoms with Crippen molar-refractivity contribution in [1.29, 1.82) is 0 Å². The van der Waals surface area contributed by atoms with Gasteiger partial charge in [-0.1, -0.05) is 6.07 Å². The zero-order valence-corrected chi connectivity index (χ0v) is 11.2. The van der Waals surface area contributed by atoms with Crippen LogP contribution in [0, 0.1) is 0 Å². The van der Waals surface area contributed by atoms with E-state index >= 15 is 0 Å². The lowest BCUT2D eigenvalue weighted by Gasteiger charge is -2.12. The van der Waals surface area contributed by atoms with Gasteiger partial charge in [-0.05, 0) is 36.9 Å². The van der Waals surface area contributed by atoms with E-state index in [0.29, 0.717) is 6.42 Å². The molecule has 1 atom stereocenters. The standard InChI is InChI=1S/C14H17NO2S/c1-11(10-12-4-2-8-17-12)15-14(16)7-6-13-5-3-9-18-13/h2-5,8-9,11H,6-7,10H2,1H3,(H,15,16). The lowest BCUT2D eigenvalue weighted by molar-refractivity contribution is -0.121. The van der Waals surface area contributed by atoms with Crippen molar-refractivity contribution in [3.05, 3.63) is 46.5 Å². The summed E-state index contributed by atoms with van der Waals surface area (Å²) in [6.45, 7) is 1.99. The summed E-state index contributed by atoms with van der Waals surface area (Å²) in [5.74, 6) is 1.00. The molecule has 0 fully saturated rings. The Balaban J connectivity index is 1.70. The molecule has 0 aliphatic carbocycles. The Bertz CT molecular complexity index is 462. The van der Waals surface area contributed by atoms with Gasteiger partial charge in [0.1, 0.15) is 5.76 Å². The van der Waals surface area contributed by atoms with Gasteiger partial charge in [-0.15, -0.1) is 11.3 Å². The molecule has 0 spiro atoms. The Morgan fingerprint density at radius 2 is 2.33 bits per heavy atom. The summed E-state index contributed by atoms with van der Waals surface area (Å²) in [7, 11) is 0. The molecule has 0 aliphatic rings. The van der Waals surface area contributed by atoms with Crippen LogP contribution in [0.3, 0.4) is 0 Å². The first kappa shape index (κ1) is 12.9. The quantitative estimate of drug-likeness (QED) is 0.870. The maximum Gasteiger partial charge on any atom is 0.220 e. The first-order chi connectivity index (χ1) is 8.74. The normalized spacial score (nSPS) is 12.3. The summed E-state index contributed by atoms with van der Waals surface area (Å²) < 4.78 is 5.25. The maximum atomic E-state index is 11.7. The third kappa shape index (κ3) is 4.04. The third-order valence-electron chi connectivity index (χ3n) is 2.67. The molecule has 0 bridgehead atoms. The first-order valence-corrected chi connectivity index (χ1v) is 6.96. The second-order valence-electron chi connectivity index (χ2n) is 4.33. The molecular weight excluding hydrogens is 246 g/mol. The second-order valence-corrected chi connectivity index (χ2v) is 5.36. The van der Waals surface area contributed by atoms with Gasteiger partial charge in [0, 0.05) is 23.8 Å². The topological polar surface area (TPSA) is 42.2 Å². The number of aryl methyl sites for hydroxylation is 1. The molecule has 96 valence electrons. The van der Waals surface area contributed by atoms with Crippen LogP contribution in [-0.4, -0.2) is 11.9 Å². The highest BCUT2D eigenvalue weighted by molar-refractivity contribution is 7.09. The van der Waals surface area contributed by atoms with Crippen LogP contribution in [0.1, 0.15) is 24.0 Å². The molecule has 4 heteroatoms. The first-order valence-electron chi connectivity index (χ1n) is 6.08. The summed E-state index contributed by atoms with van der Waals surface area (Å²) in [6.07, 6.45) is 3.75. The van der Waals surface area contributed by atoms with Crippen LogP contribution < -0.4 is 5.32 Å². The van der Waals surface area contributed by atoms with E-state index in [1.807, 2.05) is 30.5 Å². The van der Waals surface area contributed by atoms with Gasteiger partial charge in [0.15, 0.2) is 0 Å². The number of carbonyl (C=O) groups excluding carboxylic acids is 1. The van der Waals surface area contributed by atoms with E-state index in [9.17, 15) is 4.79 Å². The maximum absolute atomic E-state index is 11.7. The Morgan fingerprint density at radius 1 is 1.44 bits per heavy atom. The summed E-state index contributed by atoms with van der Waals surface area (Å²) >= 11 is 1.69. The second kappa shape index (κ2) is 6.40. The molecule has 0 saturated heterocycles. The smallest absolute Gasteiger partial charge is 0.220 e. The van der Waals surface area contributed by atoms with Crippen molar-refractivity contribution >= 4 is 17.2 Å². The molecule has 18 heavy (non-hydrogen) atoms. The summed E-state index contributed by atoms with van der Waals surface area (Å²) in [4.78, 5) is 13.0. The Morgan fingerprint density at radius 3 is 3.00 bits per heavy atom. The van der Waals surface area contributed by atoms with Gasteiger partial charge in [0.2, 0.25) is 5.91 Å². The van der Waals surface area contributed by atoms with Crippen LogP contribution in [-0.2, 0) is 17.6 Å². The zero-order chi connectivity index (χ0) is 12.8. The van der Waals surface area contributed by atoms with Crippen molar-refractivity contribution < 1.29 is 9.21 Å². The van der Waals surface area contributed by atoms with Crippen molar-refractivity contribution in [2.45, 2.75) is 32.2 Å². The average molecular weight is 263 g/mol. The Labute approximate surface area is 111 Å². The van der Waals surface area contributed by atoms with Gasteiger partial charge in [-0.25, -0.2) is 0 Å². The summed E-state index contributed by atoms with van der Waals surface area (Å²) in [5.41, 5.74) is 0. The van der Waals surface area contributed by atoms with Crippen molar-refractivity contribution in [2.24, 2.45) is 0 Å². The minimum atomic E-state index is 0.0995. The number of thiophene rings is 1. The van der Waals surface area contributed by atoms with E-state index < -0.39 is 0 Å². The summed E-state index contributed by atoms with van der Waals surface area (Å²) in [5, 5.41) is 5.02. The number of nitrogens with one attached hydrogen (secondary N) is 1. The fourth-order valence-corrected chi connectivity index (χ4v) is 2.53. The van der Waals surface area contributed by atoms with Crippen LogP contribution in [0.25, 0.3) is 0 Å². The molecule has 2 heterocycles. The van der Waals surface area contributed by atoms with Gasteiger partial charge in [-0.3, -0.25) is 4.79 Å². The van der Waals surface area contributed by atoms with Crippen LogP contribution >= 0.6 is 11.3 Å². The number of furan rings is 1. The highest BCUT2D eigenvalue weighted by Crippen LogP contribution is 2.11. The highest BCUT2D eigenvalue weighted by Gasteiger charge is 2.09. The molecule has 1 unspecified atom stereocenters. The molecule has 2 aromatic rings. The molecule has 0 aliphatic heterocycles. The van der Waals surface area contributed by atoms with Gasteiger partial charge < -0.3 is 9.73 Å². The molecule has 1 N–H and O–H groups in total. The van der Waals surface area contributed by atoms with Crippen molar-refractivity contribution in [1.82, 2.24) is 5.32 Å². The zero-order valence-electron chi connectivity index (χ0n) is 10.4. The minimum Gasteiger partial charge on any atom is -0.469 e. The predicted molar refractivity (Wildman–Crippen MR) is 72.7 cm³/mol. The lowest BCUT2D eigenvalue weighted by atomic mass is 10.2. The number of hydrogen-bond acceptors (Lipinski definition) is 3. The number of rotatable bonds is 6. The van der Waals surface area contributed by atoms with Gasteiger partial charge in [0.05, 0.1) is 6.26 Å². The SMILES string of the molecule is CC(Cc1ccco1)NC(=O)CCc1cccs1. The largest absolute Gasteiger partial charge is 0.469 e. The van der Waals surface area contributed by atoms with Gasteiger partial charge in [0.25, 0.3) is 0 Å². The Hall–Kier alpha value is -1.55. The molecule has 3 nitrogen and oxygen atoms in total. The molecule has 2 aromatic heterocycles. The van der Waals surface area contributed by atoms with Gasteiger partial charge in [-0.2, -0.15) is 0 Å². The number of amides is 1. The number of hydrogen-bond donors (Lipinski definition) is 1. The average Bonchev–Trinajstić information content (AvgIpc) is 2.98. The highest BCUT2D eigenvalue weighted by atomic mass is 32.1. The van der Waals surface area contributed by atoms with E-state index in [2.05, 4.69) is 11.4 Å². The van der Waals surface area contributed by atoms with E-state index in [1.165, 1.54) is 4.88 Å². The monoisotopic (exact) mass is 263 g/mol. The molecule has 0 aromatic carbocycles. The van der Waals surface area contributed by atoms with Crippen LogP contribution in [0.15, 0.2) is 40.3 Å². The molecule has 2 rings (SSSR count). The van der Waals surface area contributed by atoms with Crippen molar-refractivity contribution in [3.63, 3.8) is 0 Å². The molecule has 0 radical (unpaired) electrons. The van der Waals surface area contributed by atoms with E-state index in [-0.39, 0.29) is 11.9 Å².